The van der Waals surface area contributed by atoms with E-state index in [2.05, 4.69) is 43.3 Å². The maximum absolute atomic E-state index is 4.62. The van der Waals surface area contributed by atoms with Crippen LogP contribution < -0.4 is 0 Å². The van der Waals surface area contributed by atoms with Gasteiger partial charge >= 0.3 is 0 Å². The number of hydrogen-bond acceptors (Lipinski definition) is 1. The molecule has 1 heterocycles. The Hall–Kier alpha value is -0.573. The summed E-state index contributed by atoms with van der Waals surface area (Å²) in [7, 11) is -1.35. The van der Waals surface area contributed by atoms with Crippen molar-refractivity contribution in [3.63, 3.8) is 0 Å². The lowest BCUT2D eigenvalue weighted by Gasteiger charge is -2.31. The van der Waals surface area contributed by atoms with Crippen LogP contribution in [0, 0.1) is 6.92 Å². The summed E-state index contributed by atoms with van der Waals surface area (Å²) in [6, 6.07) is 4.15. The van der Waals surface area contributed by atoms with Crippen LogP contribution in [0.4, 0.5) is 0 Å². The number of aromatic nitrogens is 2. The monoisotopic (exact) mass is 238 g/mol. The van der Waals surface area contributed by atoms with Crippen LogP contribution in [-0.4, -0.2) is 17.7 Å². The molecule has 0 saturated heterocycles. The third kappa shape index (κ3) is 2.97. The number of rotatable bonds is 7. The van der Waals surface area contributed by atoms with E-state index < -0.39 is 8.24 Å². The molecule has 92 valence electrons. The van der Waals surface area contributed by atoms with Crippen molar-refractivity contribution in [1.29, 1.82) is 0 Å². The highest BCUT2D eigenvalue weighted by atomic mass is 28.3. The summed E-state index contributed by atoms with van der Waals surface area (Å²) >= 11 is 0. The molecule has 2 nitrogen and oxygen atoms in total. The van der Waals surface area contributed by atoms with E-state index in [0.29, 0.717) is 0 Å². The van der Waals surface area contributed by atoms with Crippen LogP contribution >= 0.6 is 0 Å². The Bertz CT molecular complexity index is 290. The molecular formula is C13H26N2Si. The van der Waals surface area contributed by atoms with Gasteiger partial charge in [0.25, 0.3) is 0 Å². The van der Waals surface area contributed by atoms with Gasteiger partial charge in [-0.25, -0.2) is 0 Å². The molecule has 16 heavy (non-hydrogen) atoms. The van der Waals surface area contributed by atoms with Crippen molar-refractivity contribution < 1.29 is 0 Å². The van der Waals surface area contributed by atoms with Crippen LogP contribution in [0.25, 0.3) is 0 Å². The molecule has 0 amide bonds. The van der Waals surface area contributed by atoms with Crippen LogP contribution in [0.5, 0.6) is 0 Å². The fourth-order valence-corrected chi connectivity index (χ4v) is 7.80. The van der Waals surface area contributed by atoms with E-state index in [-0.39, 0.29) is 0 Å². The Morgan fingerprint density at radius 3 is 1.88 bits per heavy atom. The first kappa shape index (κ1) is 13.5. The van der Waals surface area contributed by atoms with Crippen molar-refractivity contribution in [2.24, 2.45) is 0 Å². The van der Waals surface area contributed by atoms with E-state index in [0.717, 1.165) is 0 Å². The van der Waals surface area contributed by atoms with Crippen LogP contribution in [-0.2, 0) is 0 Å². The number of nitrogens with zero attached hydrogens (tertiary/aromatic N) is 2. The molecule has 3 heteroatoms. The number of hydrogen-bond donors (Lipinski definition) is 0. The second-order valence-electron chi connectivity index (χ2n) is 4.94. The Morgan fingerprint density at radius 2 is 1.56 bits per heavy atom. The zero-order valence-electron chi connectivity index (χ0n) is 11.3. The first-order valence-electron chi connectivity index (χ1n) is 6.70. The minimum absolute atomic E-state index is 1.30. The van der Waals surface area contributed by atoms with Gasteiger partial charge in [0.05, 0.1) is 6.20 Å². The van der Waals surface area contributed by atoms with Crippen LogP contribution in [0.1, 0.15) is 45.6 Å². The fraction of sp³-hybridized carbons (Fsp3) is 0.769. The normalized spacial score (nSPS) is 12.0. The fourth-order valence-electron chi connectivity index (χ4n) is 2.79. The highest BCUT2D eigenvalue weighted by molar-refractivity contribution is 6.78. The Balaban J connectivity index is 2.98. The summed E-state index contributed by atoms with van der Waals surface area (Å²) < 4.78 is 2.37. The second-order valence-corrected chi connectivity index (χ2v) is 9.34. The molecule has 0 bridgehead atoms. The minimum Gasteiger partial charge on any atom is -0.301 e. The molecule has 1 aromatic heterocycles. The van der Waals surface area contributed by atoms with Crippen molar-refractivity contribution in [2.45, 2.75) is 65.1 Å². The molecule has 0 radical (unpaired) electrons. The van der Waals surface area contributed by atoms with Gasteiger partial charge in [-0.3, -0.25) is 0 Å². The molecule has 0 saturated carbocycles. The summed E-state index contributed by atoms with van der Waals surface area (Å²) in [4.78, 5) is 0. The van der Waals surface area contributed by atoms with Gasteiger partial charge in [0.1, 0.15) is 0 Å². The minimum atomic E-state index is -1.35. The summed E-state index contributed by atoms with van der Waals surface area (Å²) in [5.41, 5.74) is 1.31. The van der Waals surface area contributed by atoms with E-state index >= 15 is 0 Å². The van der Waals surface area contributed by atoms with E-state index in [9.17, 15) is 0 Å². The van der Waals surface area contributed by atoms with Gasteiger partial charge < -0.3 is 4.35 Å². The Labute approximate surface area is 101 Å². The second kappa shape index (κ2) is 6.23. The van der Waals surface area contributed by atoms with Gasteiger partial charge in [0, 0.05) is 6.20 Å². The van der Waals surface area contributed by atoms with Gasteiger partial charge in [-0.05, 0) is 30.6 Å². The van der Waals surface area contributed by atoms with E-state index in [1.165, 1.54) is 43.0 Å². The maximum Gasteiger partial charge on any atom is 0.185 e. The highest BCUT2D eigenvalue weighted by Crippen LogP contribution is 2.27. The molecule has 0 atom stereocenters. The van der Waals surface area contributed by atoms with Crippen LogP contribution in [0.2, 0.25) is 18.1 Å². The zero-order chi connectivity index (χ0) is 12.0. The third-order valence-electron chi connectivity index (χ3n) is 3.34. The summed E-state index contributed by atoms with van der Waals surface area (Å²) in [6.45, 7) is 9.07. The largest absolute Gasteiger partial charge is 0.301 e. The quantitative estimate of drug-likeness (QED) is 0.651. The Morgan fingerprint density at radius 1 is 1.06 bits per heavy atom. The molecule has 1 rings (SSSR count). The smallest absolute Gasteiger partial charge is 0.185 e. The molecule has 0 aliphatic carbocycles. The molecule has 0 aliphatic rings. The van der Waals surface area contributed by atoms with E-state index in [1.807, 2.05) is 6.20 Å². The third-order valence-corrected chi connectivity index (χ3v) is 8.85. The van der Waals surface area contributed by atoms with Gasteiger partial charge in [-0.15, -0.1) is 0 Å². The average Bonchev–Trinajstić information content (AvgIpc) is 2.66. The van der Waals surface area contributed by atoms with Crippen molar-refractivity contribution >= 4 is 8.24 Å². The predicted octanol–water partition coefficient (Wildman–Crippen LogP) is 4.22. The zero-order valence-corrected chi connectivity index (χ0v) is 12.3. The molecule has 1 aromatic rings. The predicted molar refractivity (Wildman–Crippen MR) is 73.4 cm³/mol. The van der Waals surface area contributed by atoms with Gasteiger partial charge in [-0.1, -0.05) is 40.0 Å². The molecule has 0 aliphatic heterocycles. The molecule has 0 spiro atoms. The Kier molecular flexibility index (Phi) is 5.26. The van der Waals surface area contributed by atoms with Crippen LogP contribution in [0.15, 0.2) is 12.4 Å². The van der Waals surface area contributed by atoms with Crippen molar-refractivity contribution in [2.75, 3.05) is 0 Å². The first-order chi connectivity index (χ1) is 7.68. The van der Waals surface area contributed by atoms with Gasteiger partial charge in [-0.2, -0.15) is 5.10 Å². The lowest BCUT2D eigenvalue weighted by atomic mass is 10.4. The first-order valence-corrected chi connectivity index (χ1v) is 9.27. The van der Waals surface area contributed by atoms with Gasteiger partial charge in [0.2, 0.25) is 0 Å². The van der Waals surface area contributed by atoms with Crippen LogP contribution in [0.3, 0.4) is 0 Å². The standard InChI is InChI=1S/C13H26N2Si/c1-5-8-16(9-6-2,10-7-3)15-12-13(4)11-14-15/h11-12H,5-10H2,1-4H3. The maximum atomic E-state index is 4.62. The van der Waals surface area contributed by atoms with Gasteiger partial charge in [0.15, 0.2) is 8.24 Å². The van der Waals surface area contributed by atoms with Crippen molar-refractivity contribution in [3.8, 4) is 0 Å². The lowest BCUT2D eigenvalue weighted by molar-refractivity contribution is 0.811. The molecule has 0 aromatic carbocycles. The highest BCUT2D eigenvalue weighted by Gasteiger charge is 2.33. The van der Waals surface area contributed by atoms with E-state index in [4.69, 9.17) is 0 Å². The summed E-state index contributed by atoms with van der Waals surface area (Å²) in [6.07, 6.45) is 8.18. The van der Waals surface area contributed by atoms with Crippen molar-refractivity contribution in [3.05, 3.63) is 18.0 Å². The summed E-state index contributed by atoms with van der Waals surface area (Å²) in [5.74, 6) is 0. The molecule has 0 N–H and O–H groups in total. The molecular weight excluding hydrogens is 212 g/mol. The molecule has 0 unspecified atom stereocenters. The van der Waals surface area contributed by atoms with Crippen molar-refractivity contribution in [1.82, 2.24) is 9.45 Å². The topological polar surface area (TPSA) is 17.8 Å². The van der Waals surface area contributed by atoms with E-state index in [1.54, 1.807) is 0 Å². The lowest BCUT2D eigenvalue weighted by Crippen LogP contribution is -2.43. The number of aryl methyl sites for hydroxylation is 1. The summed E-state index contributed by atoms with van der Waals surface area (Å²) in [5, 5.41) is 4.62. The SMILES string of the molecule is CCC[Si](CCC)(CCC)n1cc(C)cn1. The molecule has 0 fully saturated rings. The average molecular weight is 238 g/mol.